The summed E-state index contributed by atoms with van der Waals surface area (Å²) in [6.07, 6.45) is 5.95. The third kappa shape index (κ3) is 4.52. The van der Waals surface area contributed by atoms with E-state index in [9.17, 15) is 9.59 Å². The second-order valence-corrected chi connectivity index (χ2v) is 7.62. The zero-order chi connectivity index (χ0) is 21.1. The Morgan fingerprint density at radius 1 is 1.27 bits per heavy atom. The van der Waals surface area contributed by atoms with E-state index in [0.717, 1.165) is 16.8 Å². The summed E-state index contributed by atoms with van der Waals surface area (Å²) in [6, 6.07) is 11.3. The molecule has 6 nitrogen and oxygen atoms in total. The maximum absolute atomic E-state index is 12.8. The molecule has 1 N–H and O–H groups in total. The monoisotopic (exact) mass is 400 g/mol. The van der Waals surface area contributed by atoms with E-state index in [1.165, 1.54) is 23.8 Å². The van der Waals surface area contributed by atoms with E-state index in [2.05, 4.69) is 22.2 Å². The first kappa shape index (κ1) is 19.7. The number of nitrogens with zero attached hydrogens (tertiary/aromatic N) is 3. The highest BCUT2D eigenvalue weighted by molar-refractivity contribution is 6.43. The van der Waals surface area contributed by atoms with Gasteiger partial charge in [0.05, 0.1) is 18.8 Å². The summed E-state index contributed by atoms with van der Waals surface area (Å²) >= 11 is 0. The highest BCUT2D eigenvalue weighted by Gasteiger charge is 2.20. The van der Waals surface area contributed by atoms with Gasteiger partial charge in [0.1, 0.15) is 0 Å². The van der Waals surface area contributed by atoms with Gasteiger partial charge in [-0.25, -0.2) is 0 Å². The van der Waals surface area contributed by atoms with Crippen molar-refractivity contribution < 1.29 is 4.79 Å². The minimum atomic E-state index is -0.279. The average molecular weight is 400 g/mol. The van der Waals surface area contributed by atoms with Crippen molar-refractivity contribution in [3.05, 3.63) is 75.8 Å². The summed E-state index contributed by atoms with van der Waals surface area (Å²) in [5.74, 6) is 7.03. The molecule has 2 aliphatic rings. The van der Waals surface area contributed by atoms with Crippen molar-refractivity contribution >= 4 is 17.4 Å². The number of hydrogen-bond acceptors (Lipinski definition) is 4. The molecule has 152 valence electrons. The molecule has 1 aromatic carbocycles. The van der Waals surface area contributed by atoms with Crippen LogP contribution >= 0.6 is 0 Å². The average Bonchev–Trinajstić information content (AvgIpc) is 3.59. The lowest BCUT2D eigenvalue weighted by molar-refractivity contribution is -0.112. The molecule has 1 aromatic heterocycles. The van der Waals surface area contributed by atoms with E-state index in [0.29, 0.717) is 24.7 Å². The fourth-order valence-electron chi connectivity index (χ4n) is 3.18. The van der Waals surface area contributed by atoms with E-state index in [4.69, 9.17) is 0 Å². The number of likely N-dealkylation sites (N-methyl/N-ethyl adjacent to an activating group) is 1. The van der Waals surface area contributed by atoms with Crippen molar-refractivity contribution in [2.75, 3.05) is 18.5 Å². The van der Waals surface area contributed by atoms with Crippen molar-refractivity contribution in [1.29, 1.82) is 0 Å². The van der Waals surface area contributed by atoms with Gasteiger partial charge < -0.3 is 14.8 Å². The molecule has 1 fully saturated rings. The number of hydrogen-bond donors (Lipinski definition) is 1. The summed E-state index contributed by atoms with van der Waals surface area (Å²) in [4.78, 5) is 31.0. The maximum Gasteiger partial charge on any atom is 0.293 e. The largest absolute Gasteiger partial charge is 0.343 e. The van der Waals surface area contributed by atoms with Gasteiger partial charge in [-0.2, -0.15) is 0 Å². The number of anilines is 1. The van der Waals surface area contributed by atoms with E-state index in [-0.39, 0.29) is 17.3 Å². The summed E-state index contributed by atoms with van der Waals surface area (Å²) < 4.78 is 1.70. The number of amidine groups is 1. The van der Waals surface area contributed by atoms with Crippen LogP contribution in [0.25, 0.3) is 0 Å². The van der Waals surface area contributed by atoms with Crippen LogP contribution in [0.1, 0.15) is 29.7 Å². The number of rotatable bonds is 4. The molecular formula is C24H24N4O2. The number of carbonyl (C=O) groups excluding carboxylic acids is 1. The number of pyridine rings is 1. The Morgan fingerprint density at radius 2 is 2.03 bits per heavy atom. The van der Waals surface area contributed by atoms with Crippen molar-refractivity contribution in [3.63, 3.8) is 0 Å². The van der Waals surface area contributed by atoms with Gasteiger partial charge in [-0.05, 0) is 49.6 Å². The summed E-state index contributed by atoms with van der Waals surface area (Å²) in [6.45, 7) is 2.81. The Hall–Kier alpha value is -3.59. The van der Waals surface area contributed by atoms with Gasteiger partial charge in [0.25, 0.3) is 11.5 Å². The van der Waals surface area contributed by atoms with Gasteiger partial charge in [-0.15, -0.1) is 0 Å². The molecule has 6 heteroatoms. The quantitative estimate of drug-likeness (QED) is 0.802. The Kier molecular flexibility index (Phi) is 5.53. The van der Waals surface area contributed by atoms with E-state index in [1.54, 1.807) is 17.8 Å². The van der Waals surface area contributed by atoms with Crippen LogP contribution in [0.4, 0.5) is 5.69 Å². The number of benzene rings is 1. The molecule has 0 bridgehead atoms. The molecule has 1 saturated carbocycles. The van der Waals surface area contributed by atoms with Gasteiger partial charge in [0, 0.05) is 36.5 Å². The van der Waals surface area contributed by atoms with Crippen LogP contribution in [-0.4, -0.2) is 29.9 Å². The normalized spacial score (nSPS) is 14.9. The van der Waals surface area contributed by atoms with Gasteiger partial charge in [0.15, 0.2) is 5.84 Å². The third-order valence-electron chi connectivity index (χ3n) is 5.20. The lowest BCUT2D eigenvalue weighted by atomic mass is 10.1. The molecule has 0 atom stereocenters. The molecule has 0 saturated heterocycles. The minimum absolute atomic E-state index is 0.152. The van der Waals surface area contributed by atoms with Crippen LogP contribution in [0, 0.1) is 24.7 Å². The fraction of sp³-hybridized carbons (Fsp3) is 0.292. The first-order valence-electron chi connectivity index (χ1n) is 10.1. The number of aromatic nitrogens is 1. The molecule has 2 aromatic rings. The highest BCUT2D eigenvalue weighted by Crippen LogP contribution is 2.27. The van der Waals surface area contributed by atoms with E-state index in [1.807, 2.05) is 43.3 Å². The highest BCUT2D eigenvalue weighted by atomic mass is 16.2. The van der Waals surface area contributed by atoms with Crippen LogP contribution in [-0.2, 0) is 11.3 Å². The van der Waals surface area contributed by atoms with E-state index < -0.39 is 0 Å². The van der Waals surface area contributed by atoms with Crippen LogP contribution in [0.2, 0.25) is 0 Å². The van der Waals surface area contributed by atoms with E-state index >= 15 is 0 Å². The number of aliphatic imine (C=N–C) groups is 1. The van der Waals surface area contributed by atoms with Gasteiger partial charge in [0.2, 0.25) is 0 Å². The molecule has 1 aliphatic carbocycles. The Morgan fingerprint density at radius 3 is 2.67 bits per heavy atom. The molecule has 30 heavy (non-hydrogen) atoms. The zero-order valence-corrected chi connectivity index (χ0v) is 17.2. The molecule has 1 amide bonds. The fourth-order valence-corrected chi connectivity index (χ4v) is 3.18. The number of amides is 1. The van der Waals surface area contributed by atoms with Crippen LogP contribution < -0.4 is 15.8 Å². The van der Waals surface area contributed by atoms with Crippen molar-refractivity contribution in [2.24, 2.45) is 10.9 Å². The minimum Gasteiger partial charge on any atom is -0.343 e. The van der Waals surface area contributed by atoms with Crippen LogP contribution in [0.15, 0.2) is 58.5 Å². The van der Waals surface area contributed by atoms with Crippen molar-refractivity contribution in [2.45, 2.75) is 26.3 Å². The second-order valence-electron chi connectivity index (χ2n) is 7.62. The van der Waals surface area contributed by atoms with Crippen LogP contribution in [0.3, 0.4) is 0 Å². The first-order chi connectivity index (χ1) is 14.5. The summed E-state index contributed by atoms with van der Waals surface area (Å²) in [7, 11) is 1.64. The summed E-state index contributed by atoms with van der Waals surface area (Å²) in [5.41, 5.74) is 3.21. The smallest absolute Gasteiger partial charge is 0.293 e. The maximum atomic E-state index is 12.8. The predicted octanol–water partition coefficient (Wildman–Crippen LogP) is 2.44. The molecule has 0 radical (unpaired) electrons. The lowest BCUT2D eigenvalue weighted by Gasteiger charge is -2.21. The number of carbonyl (C=O) groups is 1. The third-order valence-corrected chi connectivity index (χ3v) is 5.20. The molecule has 4 rings (SSSR count). The Labute approximate surface area is 175 Å². The van der Waals surface area contributed by atoms with Crippen molar-refractivity contribution in [1.82, 2.24) is 9.88 Å². The Bertz CT molecular complexity index is 1140. The SMILES string of the molecule is Cc1cc(N(C)C(=O)C2=NCC=CN2)cc(=O)n1Cc1ccc(C#CC2CC2)cc1. The van der Waals surface area contributed by atoms with Crippen LogP contribution in [0.5, 0.6) is 0 Å². The topological polar surface area (TPSA) is 66.7 Å². The Balaban J connectivity index is 1.50. The van der Waals surface area contributed by atoms with Gasteiger partial charge in [-0.1, -0.05) is 24.0 Å². The summed E-state index contributed by atoms with van der Waals surface area (Å²) in [5, 5.41) is 2.85. The standard InChI is InChI=1S/C24H24N4O2/c1-17-14-21(27(2)24(30)23-25-12-3-13-26-23)15-22(29)28(17)16-20-10-8-19(9-11-20)7-6-18-4-5-18/h3,8-12,14-15,18H,4-5,13,16H2,1-2H3,(H,25,26). The second kappa shape index (κ2) is 8.42. The predicted molar refractivity (Wildman–Crippen MR) is 119 cm³/mol. The number of nitrogens with one attached hydrogen (secondary N) is 1. The first-order valence-corrected chi connectivity index (χ1v) is 10.1. The molecule has 1 aliphatic heterocycles. The lowest BCUT2D eigenvalue weighted by Crippen LogP contribution is -2.41. The van der Waals surface area contributed by atoms with Gasteiger partial charge >= 0.3 is 0 Å². The molecule has 0 unspecified atom stereocenters. The zero-order valence-electron chi connectivity index (χ0n) is 17.2. The number of aryl methyl sites for hydroxylation is 1. The molecule has 2 heterocycles. The van der Waals surface area contributed by atoms with Gasteiger partial charge in [-0.3, -0.25) is 14.6 Å². The van der Waals surface area contributed by atoms with Crippen molar-refractivity contribution in [3.8, 4) is 11.8 Å². The molecular weight excluding hydrogens is 376 g/mol. The molecule has 0 spiro atoms.